The van der Waals surface area contributed by atoms with E-state index in [1.165, 1.54) is 0 Å². The van der Waals surface area contributed by atoms with E-state index in [4.69, 9.17) is 4.74 Å². The predicted molar refractivity (Wildman–Crippen MR) is 65.0 cm³/mol. The molecule has 0 aromatic heterocycles. The first-order valence-electron chi connectivity index (χ1n) is 5.59. The number of carbonyl (C=O) groups excluding carboxylic acids is 1. The molecule has 0 N–H and O–H groups in total. The fraction of sp³-hybridized carbons (Fsp3) is 0.417. The van der Waals surface area contributed by atoms with E-state index in [1.54, 1.807) is 29.2 Å². The molecule has 1 aromatic rings. The van der Waals surface area contributed by atoms with Crippen LogP contribution < -0.4 is 0 Å². The van der Waals surface area contributed by atoms with Crippen LogP contribution in [-0.4, -0.2) is 42.9 Å². The molecule has 0 bridgehead atoms. The first-order valence-corrected chi connectivity index (χ1v) is 6.47. The second kappa shape index (κ2) is 6.15. The summed E-state index contributed by atoms with van der Waals surface area (Å²) in [5.74, 6) is -2.73. The van der Waals surface area contributed by atoms with Crippen molar-refractivity contribution < 1.29 is 18.3 Å². The van der Waals surface area contributed by atoms with E-state index in [1.807, 2.05) is 0 Å². The summed E-state index contributed by atoms with van der Waals surface area (Å²) in [4.78, 5) is 14.2. The molecule has 1 amide bonds. The molecule has 0 atom stereocenters. The Labute approximate surface area is 108 Å². The molecular weight excluding hydrogens is 260 g/mol. The second-order valence-electron chi connectivity index (χ2n) is 3.78. The van der Waals surface area contributed by atoms with E-state index in [-0.39, 0.29) is 5.91 Å². The van der Waals surface area contributed by atoms with E-state index >= 15 is 0 Å². The first kappa shape index (κ1) is 13.3. The highest BCUT2D eigenvalue weighted by Crippen LogP contribution is 2.29. The number of rotatable bonds is 3. The van der Waals surface area contributed by atoms with Gasteiger partial charge in [-0.05, 0) is 12.1 Å². The molecule has 1 aromatic carbocycles. The van der Waals surface area contributed by atoms with Crippen LogP contribution in [0, 0.1) is 0 Å². The van der Waals surface area contributed by atoms with Crippen molar-refractivity contribution in [3.8, 4) is 0 Å². The van der Waals surface area contributed by atoms with Gasteiger partial charge in [-0.1, -0.05) is 23.9 Å². The van der Waals surface area contributed by atoms with Gasteiger partial charge in [0, 0.05) is 18.0 Å². The maximum absolute atomic E-state index is 12.4. The van der Waals surface area contributed by atoms with Gasteiger partial charge in [0.1, 0.15) is 0 Å². The maximum atomic E-state index is 12.4. The normalized spacial score (nSPS) is 16.1. The van der Waals surface area contributed by atoms with Crippen molar-refractivity contribution in [2.45, 2.75) is 10.7 Å². The van der Waals surface area contributed by atoms with Gasteiger partial charge < -0.3 is 9.64 Å². The maximum Gasteiger partial charge on any atom is 0.288 e. The van der Waals surface area contributed by atoms with E-state index in [2.05, 4.69) is 0 Å². The number of alkyl halides is 2. The molecular formula is C12H13F2NO2S. The number of carbonyl (C=O) groups is 1. The number of nitrogens with zero attached hydrogens (tertiary/aromatic N) is 1. The van der Waals surface area contributed by atoms with Gasteiger partial charge in [-0.2, -0.15) is 8.78 Å². The minimum atomic E-state index is -2.52. The molecule has 2 rings (SSSR count). The fourth-order valence-electron chi connectivity index (χ4n) is 1.78. The van der Waals surface area contributed by atoms with E-state index < -0.39 is 5.76 Å². The molecule has 0 unspecified atom stereocenters. The standard InChI is InChI=1S/C12H13F2NO2S/c13-12(14)18-10-4-2-1-3-9(10)11(16)15-5-7-17-8-6-15/h1-4,12H,5-8H2. The number of halogens is 2. The quantitative estimate of drug-likeness (QED) is 0.792. The third-order valence-electron chi connectivity index (χ3n) is 2.63. The van der Waals surface area contributed by atoms with Crippen LogP contribution in [0.1, 0.15) is 10.4 Å². The minimum Gasteiger partial charge on any atom is -0.378 e. The molecule has 1 aliphatic heterocycles. The summed E-state index contributed by atoms with van der Waals surface area (Å²) < 4.78 is 30.0. The molecule has 18 heavy (non-hydrogen) atoms. The van der Waals surface area contributed by atoms with Crippen molar-refractivity contribution >= 4 is 17.7 Å². The van der Waals surface area contributed by atoms with Gasteiger partial charge in [0.05, 0.1) is 18.8 Å². The van der Waals surface area contributed by atoms with Crippen molar-refractivity contribution in [1.82, 2.24) is 4.90 Å². The summed E-state index contributed by atoms with van der Waals surface area (Å²) in [7, 11) is 0. The largest absolute Gasteiger partial charge is 0.378 e. The molecule has 0 spiro atoms. The Kier molecular flexibility index (Phi) is 4.54. The highest BCUT2D eigenvalue weighted by Gasteiger charge is 2.22. The van der Waals surface area contributed by atoms with Crippen LogP contribution in [-0.2, 0) is 4.74 Å². The predicted octanol–water partition coefficient (Wildman–Crippen LogP) is 2.47. The van der Waals surface area contributed by atoms with E-state index in [0.717, 1.165) is 0 Å². The lowest BCUT2D eigenvalue weighted by Crippen LogP contribution is -2.40. The molecule has 6 heteroatoms. The van der Waals surface area contributed by atoms with Crippen LogP contribution in [0.2, 0.25) is 0 Å². The van der Waals surface area contributed by atoms with Gasteiger partial charge in [-0.25, -0.2) is 0 Å². The summed E-state index contributed by atoms with van der Waals surface area (Å²) in [5.41, 5.74) is 0.338. The van der Waals surface area contributed by atoms with Crippen LogP contribution in [0.25, 0.3) is 0 Å². The average Bonchev–Trinajstić information content (AvgIpc) is 2.39. The summed E-state index contributed by atoms with van der Waals surface area (Å²) in [6, 6.07) is 6.47. The zero-order valence-corrected chi connectivity index (χ0v) is 10.5. The monoisotopic (exact) mass is 273 g/mol. The Hall–Kier alpha value is -1.14. The molecule has 1 heterocycles. The first-order chi connectivity index (χ1) is 8.68. The number of morpholine rings is 1. The fourth-order valence-corrected chi connectivity index (χ4v) is 2.41. The van der Waals surface area contributed by atoms with Crippen molar-refractivity contribution in [3.05, 3.63) is 29.8 Å². The van der Waals surface area contributed by atoms with Crippen LogP contribution in [0.4, 0.5) is 8.78 Å². The van der Waals surface area contributed by atoms with Crippen LogP contribution in [0.15, 0.2) is 29.2 Å². The Morgan fingerprint density at radius 3 is 2.61 bits per heavy atom. The molecule has 0 saturated carbocycles. The van der Waals surface area contributed by atoms with Gasteiger partial charge >= 0.3 is 0 Å². The second-order valence-corrected chi connectivity index (χ2v) is 4.81. The average molecular weight is 273 g/mol. The highest BCUT2D eigenvalue weighted by molar-refractivity contribution is 7.99. The number of ether oxygens (including phenoxy) is 1. The number of hydrogen-bond donors (Lipinski definition) is 0. The number of benzene rings is 1. The van der Waals surface area contributed by atoms with Gasteiger partial charge in [-0.15, -0.1) is 0 Å². The van der Waals surface area contributed by atoms with Crippen LogP contribution in [0.5, 0.6) is 0 Å². The summed E-state index contributed by atoms with van der Waals surface area (Å²) in [6.45, 7) is 2.00. The Bertz CT molecular complexity index is 422. The number of amides is 1. The minimum absolute atomic E-state index is 0.206. The molecule has 1 fully saturated rings. The zero-order chi connectivity index (χ0) is 13.0. The smallest absolute Gasteiger partial charge is 0.288 e. The lowest BCUT2D eigenvalue weighted by molar-refractivity contribution is 0.0300. The SMILES string of the molecule is O=C(c1ccccc1SC(F)F)N1CCOCC1. The third-order valence-corrected chi connectivity index (χ3v) is 3.42. The molecule has 98 valence electrons. The Morgan fingerprint density at radius 2 is 1.94 bits per heavy atom. The Morgan fingerprint density at radius 1 is 1.28 bits per heavy atom. The van der Waals surface area contributed by atoms with Gasteiger partial charge in [0.25, 0.3) is 11.7 Å². The molecule has 0 radical (unpaired) electrons. The van der Waals surface area contributed by atoms with Crippen molar-refractivity contribution in [1.29, 1.82) is 0 Å². The number of hydrogen-bond acceptors (Lipinski definition) is 3. The molecule has 3 nitrogen and oxygen atoms in total. The highest BCUT2D eigenvalue weighted by atomic mass is 32.2. The Balaban J connectivity index is 2.18. The zero-order valence-electron chi connectivity index (χ0n) is 9.64. The van der Waals surface area contributed by atoms with E-state index in [9.17, 15) is 13.6 Å². The lowest BCUT2D eigenvalue weighted by atomic mass is 10.2. The molecule has 0 aliphatic carbocycles. The summed E-state index contributed by atoms with van der Waals surface area (Å²) in [6.07, 6.45) is 0. The molecule has 1 aliphatic rings. The van der Waals surface area contributed by atoms with Gasteiger partial charge in [-0.3, -0.25) is 4.79 Å². The van der Waals surface area contributed by atoms with Crippen LogP contribution in [0.3, 0.4) is 0 Å². The van der Waals surface area contributed by atoms with E-state index in [0.29, 0.717) is 48.5 Å². The van der Waals surface area contributed by atoms with Gasteiger partial charge in [0.2, 0.25) is 0 Å². The lowest BCUT2D eigenvalue weighted by Gasteiger charge is -2.27. The van der Waals surface area contributed by atoms with Crippen molar-refractivity contribution in [2.75, 3.05) is 26.3 Å². The summed E-state index contributed by atoms with van der Waals surface area (Å²) >= 11 is 0.405. The van der Waals surface area contributed by atoms with Crippen molar-refractivity contribution in [2.24, 2.45) is 0 Å². The molecule has 1 saturated heterocycles. The van der Waals surface area contributed by atoms with Gasteiger partial charge in [0.15, 0.2) is 0 Å². The number of thioether (sulfide) groups is 1. The van der Waals surface area contributed by atoms with Crippen LogP contribution >= 0.6 is 11.8 Å². The topological polar surface area (TPSA) is 29.5 Å². The van der Waals surface area contributed by atoms with Crippen molar-refractivity contribution in [3.63, 3.8) is 0 Å². The third kappa shape index (κ3) is 3.20. The summed E-state index contributed by atoms with van der Waals surface area (Å²) in [5, 5.41) is 0.